The van der Waals surface area contributed by atoms with Crippen LogP contribution in [-0.2, 0) is 9.59 Å². The highest BCUT2D eigenvalue weighted by Crippen LogP contribution is 2.01. The Balaban J connectivity index is 4.78. The van der Waals surface area contributed by atoms with Gasteiger partial charge in [-0.3, -0.25) is 9.59 Å². The van der Waals surface area contributed by atoms with Crippen molar-refractivity contribution in [1.82, 2.24) is 10.0 Å². The van der Waals surface area contributed by atoms with Gasteiger partial charge >= 0.3 is 0 Å². The van der Waals surface area contributed by atoms with Crippen molar-refractivity contribution < 1.29 is 19.7 Å². The third-order valence-corrected chi connectivity index (χ3v) is 1.36. The molecule has 0 saturated heterocycles. The lowest BCUT2D eigenvalue weighted by Crippen LogP contribution is -2.50. The van der Waals surface area contributed by atoms with E-state index in [4.69, 9.17) is 0 Å². The number of hydrogen-bond donors (Lipinski definition) is 0. The SMILES string of the molecule is CC(N(C=O)[N+](=O)[O-])N(C=O)[N+](=O)[O-]. The van der Waals surface area contributed by atoms with Gasteiger partial charge in [-0.15, -0.1) is 0 Å². The first-order valence-electron chi connectivity index (χ1n) is 3.21. The number of hydrazine groups is 2. The fourth-order valence-electron chi connectivity index (χ4n) is 0.647. The van der Waals surface area contributed by atoms with Crippen LogP contribution in [0.3, 0.4) is 0 Å². The molecule has 0 radical (unpaired) electrons. The predicted molar refractivity (Wildman–Crippen MR) is 39.3 cm³/mol. The van der Waals surface area contributed by atoms with Crippen LogP contribution in [0.15, 0.2) is 0 Å². The van der Waals surface area contributed by atoms with E-state index in [2.05, 4.69) is 0 Å². The largest absolute Gasteiger partial charge is 0.274 e. The topological polar surface area (TPSA) is 127 Å². The van der Waals surface area contributed by atoms with Gasteiger partial charge in [0.1, 0.15) is 0 Å². The smallest absolute Gasteiger partial charge is 0.272 e. The molecule has 2 amide bonds. The summed E-state index contributed by atoms with van der Waals surface area (Å²) in [5.41, 5.74) is 0. The molecule has 0 aromatic heterocycles. The molecule has 0 atom stereocenters. The quantitative estimate of drug-likeness (QED) is 0.228. The minimum Gasteiger partial charge on any atom is -0.272 e. The Labute approximate surface area is 76.9 Å². The van der Waals surface area contributed by atoms with Crippen molar-refractivity contribution in [2.24, 2.45) is 0 Å². The van der Waals surface area contributed by atoms with Gasteiger partial charge in [-0.05, 0) is 16.9 Å². The van der Waals surface area contributed by atoms with Crippen molar-refractivity contribution in [3.05, 3.63) is 20.2 Å². The summed E-state index contributed by atoms with van der Waals surface area (Å²) in [5.74, 6) is 0. The molecule has 0 aromatic rings. The van der Waals surface area contributed by atoms with Gasteiger partial charge < -0.3 is 0 Å². The maximum atomic E-state index is 10.2. The zero-order valence-electron chi connectivity index (χ0n) is 6.97. The summed E-state index contributed by atoms with van der Waals surface area (Å²) < 4.78 is 0. The molecule has 10 nitrogen and oxygen atoms in total. The molecule has 0 aliphatic carbocycles. The standard InChI is InChI=1S/C4H6N4O6/c1-4(5(2-9)7(11)12)6(3-10)8(13)14/h2-4H,1H3. The van der Waals surface area contributed by atoms with Gasteiger partial charge in [0.2, 0.25) is 6.17 Å². The van der Waals surface area contributed by atoms with Crippen LogP contribution >= 0.6 is 0 Å². The van der Waals surface area contributed by atoms with Crippen LogP contribution in [0.25, 0.3) is 0 Å². The van der Waals surface area contributed by atoms with E-state index < -0.39 is 16.2 Å². The summed E-state index contributed by atoms with van der Waals surface area (Å²) >= 11 is 0. The van der Waals surface area contributed by atoms with Gasteiger partial charge in [0, 0.05) is 0 Å². The average molecular weight is 206 g/mol. The molecule has 0 N–H and O–H groups in total. The van der Waals surface area contributed by atoms with Crippen LogP contribution in [0.2, 0.25) is 0 Å². The Bertz CT molecular complexity index is 241. The molecule has 0 aromatic carbocycles. The minimum absolute atomic E-state index is 0.100. The highest BCUT2D eigenvalue weighted by Gasteiger charge is 2.34. The van der Waals surface area contributed by atoms with Gasteiger partial charge in [-0.2, -0.15) is 0 Å². The van der Waals surface area contributed by atoms with Crippen molar-refractivity contribution in [3.63, 3.8) is 0 Å². The third kappa shape index (κ3) is 2.36. The Kier molecular flexibility index (Phi) is 3.93. The van der Waals surface area contributed by atoms with Crippen LogP contribution in [0.1, 0.15) is 6.92 Å². The first-order chi connectivity index (χ1) is 6.45. The van der Waals surface area contributed by atoms with Gasteiger partial charge in [0.15, 0.2) is 10.1 Å². The third-order valence-electron chi connectivity index (χ3n) is 1.36. The fraction of sp³-hybridized carbons (Fsp3) is 0.500. The zero-order valence-corrected chi connectivity index (χ0v) is 6.97. The lowest BCUT2D eigenvalue weighted by Gasteiger charge is -2.17. The normalized spacial score (nSPS) is 9.29. The van der Waals surface area contributed by atoms with Crippen molar-refractivity contribution in [1.29, 1.82) is 0 Å². The molecule has 0 rings (SSSR count). The molecule has 0 aliphatic rings. The number of hydrogen-bond acceptors (Lipinski definition) is 6. The minimum atomic E-state index is -1.59. The van der Waals surface area contributed by atoms with Crippen LogP contribution in [0.5, 0.6) is 0 Å². The van der Waals surface area contributed by atoms with E-state index in [1.54, 1.807) is 0 Å². The van der Waals surface area contributed by atoms with E-state index in [1.165, 1.54) is 0 Å². The lowest BCUT2D eigenvalue weighted by atomic mass is 10.5. The van der Waals surface area contributed by atoms with Crippen LogP contribution in [0, 0.1) is 20.2 Å². The molecule has 0 spiro atoms. The Hall–Kier alpha value is -2.26. The maximum absolute atomic E-state index is 10.2. The molecule has 0 saturated carbocycles. The highest BCUT2D eigenvalue weighted by molar-refractivity contribution is 5.49. The summed E-state index contributed by atoms with van der Waals surface area (Å²) in [6, 6.07) is 0. The van der Waals surface area contributed by atoms with Crippen molar-refractivity contribution in [2.45, 2.75) is 13.1 Å². The molecule has 78 valence electrons. The lowest BCUT2D eigenvalue weighted by molar-refractivity contribution is -0.698. The van der Waals surface area contributed by atoms with Crippen LogP contribution in [0.4, 0.5) is 0 Å². The Morgan fingerprint density at radius 3 is 1.50 bits per heavy atom. The van der Waals surface area contributed by atoms with Gasteiger partial charge in [0.05, 0.1) is 0 Å². The summed E-state index contributed by atoms with van der Waals surface area (Å²) in [7, 11) is 0. The molecule has 0 bridgehead atoms. The second kappa shape index (κ2) is 4.69. The van der Waals surface area contributed by atoms with Crippen LogP contribution in [-0.4, -0.2) is 39.1 Å². The van der Waals surface area contributed by atoms with E-state index in [9.17, 15) is 29.8 Å². The van der Waals surface area contributed by atoms with Gasteiger partial charge in [-0.25, -0.2) is 20.2 Å². The molecule has 0 aliphatic heterocycles. The summed E-state index contributed by atoms with van der Waals surface area (Å²) in [6.45, 7) is 0.967. The molecule has 0 fully saturated rings. The molecule has 0 unspecified atom stereocenters. The number of carbonyl (C=O) groups excluding carboxylic acids is 2. The second-order valence-corrected chi connectivity index (χ2v) is 2.08. The maximum Gasteiger partial charge on any atom is 0.274 e. The van der Waals surface area contributed by atoms with E-state index in [1.807, 2.05) is 0 Å². The number of rotatable bonds is 6. The first kappa shape index (κ1) is 11.7. The van der Waals surface area contributed by atoms with Crippen LogP contribution < -0.4 is 0 Å². The van der Waals surface area contributed by atoms with Crippen molar-refractivity contribution >= 4 is 12.8 Å². The van der Waals surface area contributed by atoms with Gasteiger partial charge in [-0.1, -0.05) is 0 Å². The molecular formula is C4H6N4O6. The highest BCUT2D eigenvalue weighted by atomic mass is 16.7. The summed E-state index contributed by atoms with van der Waals surface area (Å²) in [5, 5.41) is 17.8. The monoisotopic (exact) mass is 206 g/mol. The summed E-state index contributed by atoms with van der Waals surface area (Å²) in [6.07, 6.45) is -2.02. The Morgan fingerprint density at radius 2 is 1.36 bits per heavy atom. The van der Waals surface area contributed by atoms with E-state index >= 15 is 0 Å². The van der Waals surface area contributed by atoms with Gasteiger partial charge in [0.25, 0.3) is 12.8 Å². The zero-order chi connectivity index (χ0) is 11.3. The molecular weight excluding hydrogens is 200 g/mol. The van der Waals surface area contributed by atoms with Crippen molar-refractivity contribution in [2.75, 3.05) is 0 Å². The van der Waals surface area contributed by atoms with E-state index in [-0.39, 0.29) is 22.8 Å². The van der Waals surface area contributed by atoms with E-state index in [0.29, 0.717) is 0 Å². The second-order valence-electron chi connectivity index (χ2n) is 2.08. The first-order valence-corrected chi connectivity index (χ1v) is 3.21. The fourth-order valence-corrected chi connectivity index (χ4v) is 0.647. The predicted octanol–water partition coefficient (Wildman–Crippen LogP) is -1.37. The number of amides is 2. The molecule has 10 heteroatoms. The van der Waals surface area contributed by atoms with E-state index in [0.717, 1.165) is 6.92 Å². The molecule has 0 heterocycles. The van der Waals surface area contributed by atoms with Crippen molar-refractivity contribution in [3.8, 4) is 0 Å². The number of carbonyl (C=O) groups is 2. The average Bonchev–Trinajstić information content (AvgIpc) is 2.04. The Morgan fingerprint density at radius 1 is 1.07 bits per heavy atom. The number of nitrogens with zero attached hydrogens (tertiary/aromatic N) is 4. The summed E-state index contributed by atoms with van der Waals surface area (Å²) in [4.78, 5) is 40.6. The molecule has 14 heavy (non-hydrogen) atoms. The number of nitro groups is 2.